The van der Waals surface area contributed by atoms with E-state index in [1.54, 1.807) is 12.1 Å². The minimum absolute atomic E-state index is 0.00397. The van der Waals surface area contributed by atoms with Crippen LogP contribution in [-0.4, -0.2) is 31.2 Å². The number of rotatable bonds is 3. The Morgan fingerprint density at radius 3 is 2.55 bits per heavy atom. The van der Waals surface area contributed by atoms with Crippen LogP contribution < -0.4 is 4.90 Å². The first-order valence-electron chi connectivity index (χ1n) is 6.33. The van der Waals surface area contributed by atoms with Gasteiger partial charge in [0.2, 0.25) is 0 Å². The first-order valence-corrected chi connectivity index (χ1v) is 6.33. The van der Waals surface area contributed by atoms with E-state index in [9.17, 15) is 10.1 Å². The molecule has 106 valence electrons. The fourth-order valence-corrected chi connectivity index (χ4v) is 2.30. The zero-order chi connectivity index (χ0) is 13.9. The average molecular weight is 278 g/mol. The molecule has 1 saturated heterocycles. The predicted molar refractivity (Wildman–Crippen MR) is 70.2 cm³/mol. The van der Waals surface area contributed by atoms with E-state index in [1.165, 1.54) is 18.6 Å². The molecule has 2 aliphatic rings. The van der Waals surface area contributed by atoms with Gasteiger partial charge >= 0.3 is 0 Å². The molecule has 7 heteroatoms. The first-order chi connectivity index (χ1) is 9.75. The Labute approximate surface area is 115 Å². The lowest BCUT2D eigenvalue weighted by Crippen LogP contribution is -2.36. The normalized spacial score (nSPS) is 18.7. The number of nitro groups is 1. The molecule has 1 fully saturated rings. The van der Waals surface area contributed by atoms with Gasteiger partial charge in [0, 0.05) is 24.8 Å². The maximum atomic E-state index is 11.1. The second kappa shape index (κ2) is 5.38. The van der Waals surface area contributed by atoms with Gasteiger partial charge in [0.15, 0.2) is 0 Å². The molecule has 0 aromatic heterocycles. The molecule has 7 nitrogen and oxygen atoms in total. The Morgan fingerprint density at radius 1 is 1.20 bits per heavy atom. The molecule has 0 unspecified atom stereocenters. The molecule has 0 N–H and O–H groups in total. The van der Waals surface area contributed by atoms with Gasteiger partial charge in [-0.1, -0.05) is 0 Å². The van der Waals surface area contributed by atoms with E-state index in [-0.39, 0.29) is 5.69 Å². The molecule has 0 atom stereocenters. The summed E-state index contributed by atoms with van der Waals surface area (Å²) < 4.78 is 15.7. The van der Waals surface area contributed by atoms with Gasteiger partial charge in [0.05, 0.1) is 18.1 Å². The second-order valence-electron chi connectivity index (χ2n) is 4.48. The summed E-state index contributed by atoms with van der Waals surface area (Å²) in [5.74, 6) is 0. The fraction of sp³-hybridized carbons (Fsp3) is 0.385. The lowest BCUT2D eigenvalue weighted by molar-refractivity contribution is -0.386. The number of ether oxygens (including phenoxy) is 3. The number of benzene rings is 1. The molecule has 0 spiro atoms. The van der Waals surface area contributed by atoms with E-state index >= 15 is 0 Å². The summed E-state index contributed by atoms with van der Waals surface area (Å²) in [7, 11) is 0. The third-order valence-corrected chi connectivity index (χ3v) is 3.30. The Hall–Kier alpha value is -2.28. The van der Waals surface area contributed by atoms with Crippen LogP contribution in [0.25, 0.3) is 0 Å². The molecule has 0 radical (unpaired) electrons. The molecular formula is C13H14N2O5. The zero-order valence-corrected chi connectivity index (χ0v) is 10.7. The largest absolute Gasteiger partial charge is 0.455 e. The summed E-state index contributed by atoms with van der Waals surface area (Å²) in [6.45, 7) is 2.85. The van der Waals surface area contributed by atoms with Gasteiger partial charge in [0.25, 0.3) is 12.0 Å². The Kier molecular flexibility index (Phi) is 3.42. The van der Waals surface area contributed by atoms with Crippen molar-refractivity contribution in [3.63, 3.8) is 0 Å². The third kappa shape index (κ3) is 2.39. The van der Waals surface area contributed by atoms with Gasteiger partial charge in [-0.15, -0.1) is 0 Å². The highest BCUT2D eigenvalue weighted by Crippen LogP contribution is 2.34. The van der Waals surface area contributed by atoms with Crippen molar-refractivity contribution in [2.75, 3.05) is 31.2 Å². The topological polar surface area (TPSA) is 74.1 Å². The van der Waals surface area contributed by atoms with Crippen LogP contribution in [0.1, 0.15) is 11.9 Å². The van der Waals surface area contributed by atoms with Crippen LogP contribution in [0.2, 0.25) is 0 Å². The van der Waals surface area contributed by atoms with Crippen LogP contribution in [0.5, 0.6) is 0 Å². The van der Waals surface area contributed by atoms with Crippen LogP contribution in [0, 0.1) is 10.1 Å². The number of hydrogen-bond donors (Lipinski definition) is 0. The lowest BCUT2D eigenvalue weighted by atomic mass is 10.1. The SMILES string of the molecule is O=[N+]([O-])c1ccc(N2CCOCC2)cc1C1OC=CO1. The Morgan fingerprint density at radius 2 is 1.90 bits per heavy atom. The molecule has 0 amide bonds. The fourth-order valence-electron chi connectivity index (χ4n) is 2.30. The highest BCUT2D eigenvalue weighted by Gasteiger charge is 2.27. The second-order valence-corrected chi connectivity index (χ2v) is 4.48. The molecule has 1 aromatic carbocycles. The molecular weight excluding hydrogens is 264 g/mol. The monoisotopic (exact) mass is 278 g/mol. The molecule has 3 rings (SSSR count). The van der Waals surface area contributed by atoms with Crippen molar-refractivity contribution >= 4 is 11.4 Å². The van der Waals surface area contributed by atoms with Crippen molar-refractivity contribution in [3.8, 4) is 0 Å². The van der Waals surface area contributed by atoms with Crippen molar-refractivity contribution < 1.29 is 19.1 Å². The van der Waals surface area contributed by atoms with Gasteiger partial charge in [-0.25, -0.2) is 0 Å². The number of nitrogens with zero attached hydrogens (tertiary/aromatic N) is 2. The van der Waals surface area contributed by atoms with Crippen LogP contribution in [0.3, 0.4) is 0 Å². The standard InChI is InChI=1S/C13H14N2O5/c16-15(17)12-2-1-10(14-3-5-18-6-4-14)9-11(12)13-19-7-8-20-13/h1-2,7-9,13H,3-6H2. The molecule has 2 aliphatic heterocycles. The van der Waals surface area contributed by atoms with Crippen molar-refractivity contribution in [1.82, 2.24) is 0 Å². The number of hydrogen-bond acceptors (Lipinski definition) is 6. The van der Waals surface area contributed by atoms with Crippen LogP contribution >= 0.6 is 0 Å². The van der Waals surface area contributed by atoms with Gasteiger partial charge in [0.1, 0.15) is 18.1 Å². The molecule has 2 heterocycles. The number of nitro benzene ring substituents is 1. The molecule has 20 heavy (non-hydrogen) atoms. The first kappa shape index (κ1) is 12.7. The summed E-state index contributed by atoms with van der Waals surface area (Å²) >= 11 is 0. The van der Waals surface area contributed by atoms with E-state index in [4.69, 9.17) is 14.2 Å². The minimum atomic E-state index is -0.753. The maximum absolute atomic E-state index is 11.1. The quantitative estimate of drug-likeness (QED) is 0.621. The summed E-state index contributed by atoms with van der Waals surface area (Å²) in [4.78, 5) is 12.8. The minimum Gasteiger partial charge on any atom is -0.455 e. The van der Waals surface area contributed by atoms with Gasteiger partial charge in [-0.3, -0.25) is 10.1 Å². The number of morpholine rings is 1. The van der Waals surface area contributed by atoms with E-state index in [0.717, 1.165) is 18.8 Å². The maximum Gasteiger partial charge on any atom is 0.280 e. The predicted octanol–water partition coefficient (Wildman–Crippen LogP) is 1.95. The molecule has 0 bridgehead atoms. The highest BCUT2D eigenvalue weighted by atomic mass is 16.7. The molecule has 0 aliphatic carbocycles. The van der Waals surface area contributed by atoms with Crippen LogP contribution in [0.4, 0.5) is 11.4 Å². The van der Waals surface area contributed by atoms with Crippen molar-refractivity contribution in [1.29, 1.82) is 0 Å². The third-order valence-electron chi connectivity index (χ3n) is 3.30. The Bertz CT molecular complexity index is 532. The van der Waals surface area contributed by atoms with E-state index in [1.807, 2.05) is 0 Å². The summed E-state index contributed by atoms with van der Waals surface area (Å²) in [5, 5.41) is 11.1. The molecule has 1 aromatic rings. The zero-order valence-electron chi connectivity index (χ0n) is 10.7. The van der Waals surface area contributed by atoms with Gasteiger partial charge in [-0.2, -0.15) is 0 Å². The summed E-state index contributed by atoms with van der Waals surface area (Å²) in [5.41, 5.74) is 1.33. The number of anilines is 1. The summed E-state index contributed by atoms with van der Waals surface area (Å²) in [6.07, 6.45) is 2.02. The smallest absolute Gasteiger partial charge is 0.280 e. The van der Waals surface area contributed by atoms with Gasteiger partial charge < -0.3 is 19.1 Å². The van der Waals surface area contributed by atoms with E-state index in [2.05, 4.69) is 4.90 Å². The molecule has 0 saturated carbocycles. The lowest BCUT2D eigenvalue weighted by Gasteiger charge is -2.29. The average Bonchev–Trinajstić information content (AvgIpc) is 3.01. The van der Waals surface area contributed by atoms with Gasteiger partial charge in [-0.05, 0) is 12.1 Å². The van der Waals surface area contributed by atoms with Crippen LogP contribution in [-0.2, 0) is 14.2 Å². The Balaban J connectivity index is 1.93. The van der Waals surface area contributed by atoms with Crippen LogP contribution in [0.15, 0.2) is 30.7 Å². The van der Waals surface area contributed by atoms with Crippen molar-refractivity contribution in [2.45, 2.75) is 6.29 Å². The summed E-state index contributed by atoms with van der Waals surface area (Å²) in [6, 6.07) is 4.99. The van der Waals surface area contributed by atoms with E-state index < -0.39 is 11.2 Å². The van der Waals surface area contributed by atoms with Crippen molar-refractivity contribution in [3.05, 3.63) is 46.4 Å². The van der Waals surface area contributed by atoms with E-state index in [0.29, 0.717) is 18.8 Å². The van der Waals surface area contributed by atoms with Crippen molar-refractivity contribution in [2.24, 2.45) is 0 Å². The highest BCUT2D eigenvalue weighted by molar-refractivity contribution is 5.56.